The van der Waals surface area contributed by atoms with Crippen LogP contribution in [0.1, 0.15) is 38.8 Å². The van der Waals surface area contributed by atoms with Gasteiger partial charge in [-0.2, -0.15) is 0 Å². The van der Waals surface area contributed by atoms with Gasteiger partial charge in [0.25, 0.3) is 11.8 Å². The number of hydrogen-bond acceptors (Lipinski definition) is 3. The van der Waals surface area contributed by atoms with Gasteiger partial charge in [-0.1, -0.05) is 37.3 Å². The van der Waals surface area contributed by atoms with Crippen molar-refractivity contribution in [3.8, 4) is 5.75 Å². The van der Waals surface area contributed by atoms with Gasteiger partial charge < -0.3 is 15.4 Å². The standard InChI is InChI=1S/C24H24N2O3/c1-3-17-7-11-21(12-8-17)26-24(28)20-6-4-5-19(15-20)23(27)25-16-18-9-13-22(29-2)14-10-18/h4-15H,3,16H2,1-2H3,(H,25,27)(H,26,28). The molecule has 0 bridgehead atoms. The predicted octanol–water partition coefficient (Wildman–Crippen LogP) is 4.44. The van der Waals surface area contributed by atoms with E-state index in [-0.39, 0.29) is 11.8 Å². The van der Waals surface area contributed by atoms with E-state index in [4.69, 9.17) is 4.74 Å². The molecule has 0 aliphatic heterocycles. The quantitative estimate of drug-likeness (QED) is 0.629. The van der Waals surface area contributed by atoms with E-state index >= 15 is 0 Å². The number of rotatable bonds is 7. The first-order chi connectivity index (χ1) is 14.1. The highest BCUT2D eigenvalue weighted by atomic mass is 16.5. The highest BCUT2D eigenvalue weighted by Crippen LogP contribution is 2.14. The summed E-state index contributed by atoms with van der Waals surface area (Å²) in [6.07, 6.45) is 0.946. The van der Waals surface area contributed by atoms with Crippen LogP contribution in [0.15, 0.2) is 72.8 Å². The van der Waals surface area contributed by atoms with Gasteiger partial charge in [0.15, 0.2) is 0 Å². The van der Waals surface area contributed by atoms with Gasteiger partial charge in [-0.15, -0.1) is 0 Å². The summed E-state index contributed by atoms with van der Waals surface area (Å²) in [4.78, 5) is 25.0. The van der Waals surface area contributed by atoms with Gasteiger partial charge in [0, 0.05) is 23.4 Å². The zero-order valence-electron chi connectivity index (χ0n) is 16.6. The number of anilines is 1. The van der Waals surface area contributed by atoms with Crippen LogP contribution in [0, 0.1) is 0 Å². The summed E-state index contributed by atoms with van der Waals surface area (Å²) in [7, 11) is 1.61. The summed E-state index contributed by atoms with van der Waals surface area (Å²) in [6, 6.07) is 21.9. The molecule has 0 aliphatic rings. The number of methoxy groups -OCH3 is 1. The van der Waals surface area contributed by atoms with Crippen LogP contribution in [0.4, 0.5) is 5.69 Å². The van der Waals surface area contributed by atoms with Crippen molar-refractivity contribution in [2.75, 3.05) is 12.4 Å². The first kappa shape index (κ1) is 20.1. The summed E-state index contributed by atoms with van der Waals surface area (Å²) in [5.74, 6) is 0.282. The Hall–Kier alpha value is -3.60. The van der Waals surface area contributed by atoms with Gasteiger partial charge in [0.2, 0.25) is 0 Å². The average Bonchev–Trinajstić information content (AvgIpc) is 2.78. The molecule has 0 aromatic heterocycles. The van der Waals surface area contributed by atoms with Crippen LogP contribution in [0.2, 0.25) is 0 Å². The normalized spacial score (nSPS) is 10.3. The molecule has 0 spiro atoms. The molecule has 0 saturated carbocycles. The van der Waals surface area contributed by atoms with E-state index in [2.05, 4.69) is 17.6 Å². The fourth-order valence-corrected chi connectivity index (χ4v) is 2.86. The zero-order valence-corrected chi connectivity index (χ0v) is 16.6. The minimum atomic E-state index is -0.251. The largest absolute Gasteiger partial charge is 0.497 e. The Kier molecular flexibility index (Phi) is 6.63. The molecule has 5 heteroatoms. The van der Waals surface area contributed by atoms with Crippen LogP contribution in [0.5, 0.6) is 5.75 Å². The summed E-state index contributed by atoms with van der Waals surface area (Å²) in [5.41, 5.74) is 3.76. The highest BCUT2D eigenvalue weighted by Gasteiger charge is 2.11. The number of nitrogens with one attached hydrogen (secondary N) is 2. The predicted molar refractivity (Wildman–Crippen MR) is 114 cm³/mol. The molecule has 0 radical (unpaired) electrons. The second kappa shape index (κ2) is 9.55. The van der Waals surface area contributed by atoms with Gasteiger partial charge in [0.1, 0.15) is 5.75 Å². The zero-order chi connectivity index (χ0) is 20.6. The van der Waals surface area contributed by atoms with Crippen LogP contribution in [0.25, 0.3) is 0 Å². The molecule has 3 aromatic carbocycles. The second-order valence-corrected chi connectivity index (χ2v) is 6.62. The van der Waals surface area contributed by atoms with E-state index in [9.17, 15) is 9.59 Å². The van der Waals surface area contributed by atoms with Crippen molar-refractivity contribution in [1.29, 1.82) is 0 Å². The molecule has 2 amide bonds. The van der Waals surface area contributed by atoms with Gasteiger partial charge in [-0.05, 0) is 60.0 Å². The Morgan fingerprint density at radius 1 is 0.828 bits per heavy atom. The van der Waals surface area contributed by atoms with E-state index in [0.29, 0.717) is 17.7 Å². The third-order valence-corrected chi connectivity index (χ3v) is 4.62. The number of ether oxygens (including phenoxy) is 1. The monoisotopic (exact) mass is 388 g/mol. The lowest BCUT2D eigenvalue weighted by Crippen LogP contribution is -2.23. The van der Waals surface area contributed by atoms with E-state index in [1.165, 1.54) is 5.56 Å². The number of hydrogen-bond donors (Lipinski definition) is 2. The molecule has 0 saturated heterocycles. The van der Waals surface area contributed by atoms with Crippen molar-refractivity contribution in [2.45, 2.75) is 19.9 Å². The lowest BCUT2D eigenvalue weighted by molar-refractivity contribution is 0.0951. The summed E-state index contributed by atoms with van der Waals surface area (Å²) in [6.45, 7) is 2.47. The fraction of sp³-hybridized carbons (Fsp3) is 0.167. The average molecular weight is 388 g/mol. The van der Waals surface area contributed by atoms with Crippen LogP contribution in [-0.4, -0.2) is 18.9 Å². The molecule has 0 fully saturated rings. The maximum atomic E-state index is 12.5. The molecule has 0 heterocycles. The van der Waals surface area contributed by atoms with Crippen LogP contribution < -0.4 is 15.4 Å². The number of amides is 2. The number of carbonyl (C=O) groups excluding carboxylic acids is 2. The smallest absolute Gasteiger partial charge is 0.255 e. The van der Waals surface area contributed by atoms with Crippen molar-refractivity contribution < 1.29 is 14.3 Å². The molecule has 0 aliphatic carbocycles. The van der Waals surface area contributed by atoms with E-state index in [0.717, 1.165) is 23.4 Å². The maximum absolute atomic E-state index is 12.5. The molecule has 3 aromatic rings. The molecule has 5 nitrogen and oxygen atoms in total. The fourth-order valence-electron chi connectivity index (χ4n) is 2.86. The lowest BCUT2D eigenvalue weighted by Gasteiger charge is -2.09. The summed E-state index contributed by atoms with van der Waals surface area (Å²) in [5, 5.41) is 5.73. The minimum Gasteiger partial charge on any atom is -0.497 e. The molecule has 0 atom stereocenters. The Bertz CT molecular complexity index is 980. The lowest BCUT2D eigenvalue weighted by atomic mass is 10.1. The summed E-state index contributed by atoms with van der Waals surface area (Å²) >= 11 is 0. The Morgan fingerprint density at radius 2 is 1.45 bits per heavy atom. The van der Waals surface area contributed by atoms with Gasteiger partial charge in [-0.25, -0.2) is 0 Å². The molecule has 148 valence electrons. The molecule has 29 heavy (non-hydrogen) atoms. The van der Waals surface area contributed by atoms with Crippen molar-refractivity contribution in [1.82, 2.24) is 5.32 Å². The van der Waals surface area contributed by atoms with E-state index < -0.39 is 0 Å². The topological polar surface area (TPSA) is 67.4 Å². The molecular formula is C24H24N2O3. The van der Waals surface area contributed by atoms with Crippen molar-refractivity contribution in [3.05, 3.63) is 95.1 Å². The number of carbonyl (C=O) groups is 2. The first-order valence-electron chi connectivity index (χ1n) is 9.50. The maximum Gasteiger partial charge on any atom is 0.255 e. The van der Waals surface area contributed by atoms with Gasteiger partial charge in [-0.3, -0.25) is 9.59 Å². The third-order valence-electron chi connectivity index (χ3n) is 4.62. The van der Waals surface area contributed by atoms with Crippen LogP contribution >= 0.6 is 0 Å². The SMILES string of the molecule is CCc1ccc(NC(=O)c2cccc(C(=O)NCc3ccc(OC)cc3)c2)cc1. The summed E-state index contributed by atoms with van der Waals surface area (Å²) < 4.78 is 5.13. The van der Waals surface area contributed by atoms with E-state index in [1.54, 1.807) is 31.4 Å². The van der Waals surface area contributed by atoms with Crippen molar-refractivity contribution >= 4 is 17.5 Å². The van der Waals surface area contributed by atoms with Gasteiger partial charge in [0.05, 0.1) is 7.11 Å². The Morgan fingerprint density at radius 3 is 2.07 bits per heavy atom. The third kappa shape index (κ3) is 5.45. The Labute approximate surface area is 170 Å². The van der Waals surface area contributed by atoms with E-state index in [1.807, 2.05) is 48.5 Å². The molecular weight excluding hydrogens is 364 g/mol. The molecule has 3 rings (SSSR count). The van der Waals surface area contributed by atoms with Crippen LogP contribution in [0.3, 0.4) is 0 Å². The Balaban J connectivity index is 1.62. The second-order valence-electron chi connectivity index (χ2n) is 6.62. The van der Waals surface area contributed by atoms with Crippen LogP contribution in [-0.2, 0) is 13.0 Å². The van der Waals surface area contributed by atoms with Gasteiger partial charge >= 0.3 is 0 Å². The van der Waals surface area contributed by atoms with Crippen molar-refractivity contribution in [3.63, 3.8) is 0 Å². The number of benzene rings is 3. The molecule has 2 N–H and O–H groups in total. The van der Waals surface area contributed by atoms with Crippen molar-refractivity contribution in [2.24, 2.45) is 0 Å². The number of aryl methyl sites for hydroxylation is 1. The highest BCUT2D eigenvalue weighted by molar-refractivity contribution is 6.06. The first-order valence-corrected chi connectivity index (χ1v) is 9.50. The minimum absolute atomic E-state index is 0.234. The molecule has 0 unspecified atom stereocenters.